The average Bonchev–Trinajstić information content (AvgIpc) is 2.14. The first-order chi connectivity index (χ1) is 9.47. The molecule has 0 N–H and O–H groups in total. The molecule has 0 unspecified atom stereocenters. The van der Waals surface area contributed by atoms with Crippen molar-refractivity contribution in [2.45, 2.75) is 104 Å². The molecule has 22 heavy (non-hydrogen) atoms. The fourth-order valence-corrected chi connectivity index (χ4v) is 11.7. The first kappa shape index (κ1) is 23.0. The Hall–Kier alpha value is 0.990. The van der Waals surface area contributed by atoms with Crippen LogP contribution in [-0.4, -0.2) is 47.1 Å². The van der Waals surface area contributed by atoms with E-state index in [1.54, 1.807) is 0 Å². The van der Waals surface area contributed by atoms with Crippen LogP contribution in [0.3, 0.4) is 0 Å². The molecule has 0 aromatic rings. The summed E-state index contributed by atoms with van der Waals surface area (Å²) in [5, 5.41) is 1.91. The minimum absolute atomic E-state index is 0.0774. The van der Waals surface area contributed by atoms with Gasteiger partial charge in [0.05, 0.1) is 14.3 Å². The zero-order valence-corrected chi connectivity index (χ0v) is 19.5. The number of hydrogen-bond acceptors (Lipinski definition) is 0. The minimum atomic E-state index is 0.0774. The van der Waals surface area contributed by atoms with Gasteiger partial charge >= 0.3 is 0 Å². The molecule has 0 aromatic carbocycles. The van der Waals surface area contributed by atoms with Crippen LogP contribution in [-0.2, 0) is 0 Å². The van der Waals surface area contributed by atoms with E-state index < -0.39 is 0 Å². The van der Waals surface area contributed by atoms with Gasteiger partial charge in [-0.1, -0.05) is 95.2 Å². The van der Waals surface area contributed by atoms with Gasteiger partial charge in [-0.15, -0.1) is 15.8 Å². The highest BCUT2D eigenvalue weighted by Gasteiger charge is 2.35. The quantitative estimate of drug-likeness (QED) is 0.334. The maximum atomic E-state index is 2.45. The van der Waals surface area contributed by atoms with E-state index in [1.807, 2.05) is 0 Å². The second-order valence-electron chi connectivity index (χ2n) is 10.7. The molecular formula is C18H42B2P2. The van der Waals surface area contributed by atoms with E-state index in [1.165, 1.54) is 26.5 Å². The van der Waals surface area contributed by atoms with Crippen LogP contribution >= 0.6 is 15.8 Å². The van der Waals surface area contributed by atoms with Crippen molar-refractivity contribution in [3.8, 4) is 0 Å². The van der Waals surface area contributed by atoms with Crippen LogP contribution in [0.25, 0.3) is 0 Å². The second kappa shape index (κ2) is 7.91. The summed E-state index contributed by atoms with van der Waals surface area (Å²) in [6, 6.07) is 2.89. The molecule has 0 rings (SSSR count). The van der Waals surface area contributed by atoms with Gasteiger partial charge in [0.25, 0.3) is 0 Å². The van der Waals surface area contributed by atoms with Crippen LogP contribution in [0.1, 0.15) is 83.1 Å². The van der Waals surface area contributed by atoms with E-state index >= 15 is 0 Å². The lowest BCUT2D eigenvalue weighted by Crippen LogP contribution is -2.32. The third-order valence-corrected chi connectivity index (χ3v) is 12.3. The van der Waals surface area contributed by atoms with Gasteiger partial charge in [-0.25, -0.2) is 0 Å². The number of hydrogen-bond donors (Lipinski definition) is 0. The van der Waals surface area contributed by atoms with Gasteiger partial charge < -0.3 is 0 Å². The first-order valence-corrected chi connectivity index (χ1v) is 12.1. The van der Waals surface area contributed by atoms with E-state index in [2.05, 4.69) is 83.1 Å². The SMILES string of the molecule is CC(C)(C)P(CBBCP(C(C)(C)C)C(C)(C)C)C(C)(C)C. The molecule has 0 aliphatic heterocycles. The van der Waals surface area contributed by atoms with Gasteiger partial charge in [0.1, 0.15) is 0 Å². The van der Waals surface area contributed by atoms with E-state index in [9.17, 15) is 0 Å². The van der Waals surface area contributed by atoms with E-state index in [-0.39, 0.29) is 15.8 Å². The van der Waals surface area contributed by atoms with Crippen LogP contribution in [0, 0.1) is 0 Å². The molecule has 130 valence electrons. The molecule has 0 atom stereocenters. The first-order valence-electron chi connectivity index (χ1n) is 9.03. The summed E-state index contributed by atoms with van der Waals surface area (Å²) < 4.78 is 0. The standard InChI is InChI=1S/C18H42B2P2/c1-15(2,3)21(16(4,5)6)13-19-20-14-22(17(7,8)9)18(10,11)12/h19-20H,13-14H2,1-12H3. The lowest BCUT2D eigenvalue weighted by molar-refractivity contribution is 0.708. The van der Waals surface area contributed by atoms with E-state index in [0.29, 0.717) is 20.6 Å². The van der Waals surface area contributed by atoms with E-state index in [0.717, 1.165) is 0 Å². The monoisotopic (exact) mass is 342 g/mol. The van der Waals surface area contributed by atoms with Crippen molar-refractivity contribution in [2.24, 2.45) is 0 Å². The zero-order valence-electron chi connectivity index (χ0n) is 17.7. The third kappa shape index (κ3) is 8.20. The molecule has 0 fully saturated rings. The Labute approximate surface area is 146 Å². The van der Waals surface area contributed by atoms with Crippen LogP contribution in [0.2, 0.25) is 0 Å². The molecule has 0 heterocycles. The van der Waals surface area contributed by atoms with Gasteiger partial charge in [0.15, 0.2) is 0 Å². The molecule has 0 nitrogen and oxygen atoms in total. The summed E-state index contributed by atoms with van der Waals surface area (Å²) in [7, 11) is 3.00. The lowest BCUT2D eigenvalue weighted by atomic mass is 9.42. The van der Waals surface area contributed by atoms with Crippen LogP contribution in [0.15, 0.2) is 0 Å². The molecule has 0 aliphatic carbocycles. The smallest absolute Gasteiger partial charge is 0.0924 e. The van der Waals surface area contributed by atoms with Crippen molar-refractivity contribution < 1.29 is 0 Å². The van der Waals surface area contributed by atoms with Crippen molar-refractivity contribution in [3.05, 3.63) is 0 Å². The summed E-state index contributed by atoms with van der Waals surface area (Å²) in [6.07, 6.45) is 0. The average molecular weight is 342 g/mol. The van der Waals surface area contributed by atoms with Crippen molar-refractivity contribution in [1.29, 1.82) is 0 Å². The third-order valence-electron chi connectivity index (χ3n) is 4.25. The van der Waals surface area contributed by atoms with Gasteiger partial charge in [-0.2, -0.15) is 0 Å². The topological polar surface area (TPSA) is 0 Å². The van der Waals surface area contributed by atoms with Crippen LogP contribution in [0.5, 0.6) is 0 Å². The summed E-state index contributed by atoms with van der Waals surface area (Å²) in [6.45, 7) is 29.3. The summed E-state index contributed by atoms with van der Waals surface area (Å²) in [5.41, 5.74) is 0. The molecule has 0 saturated heterocycles. The van der Waals surface area contributed by atoms with Crippen LogP contribution in [0.4, 0.5) is 0 Å². The van der Waals surface area contributed by atoms with Crippen LogP contribution < -0.4 is 0 Å². The van der Waals surface area contributed by atoms with Gasteiger partial charge in [0, 0.05) is 0 Å². The molecular weight excluding hydrogens is 300 g/mol. The molecule has 0 aliphatic rings. The Bertz CT molecular complexity index is 265. The van der Waals surface area contributed by atoms with Gasteiger partial charge in [-0.3, -0.25) is 0 Å². The second-order valence-corrected chi connectivity index (χ2v) is 18.7. The maximum Gasteiger partial charge on any atom is 0.0924 e. The highest BCUT2D eigenvalue weighted by atomic mass is 31.1. The predicted molar refractivity (Wildman–Crippen MR) is 117 cm³/mol. The fourth-order valence-electron chi connectivity index (χ4n) is 3.89. The zero-order chi connectivity index (χ0) is 18.0. The lowest BCUT2D eigenvalue weighted by Gasteiger charge is -2.43. The number of rotatable bonds is 5. The Kier molecular flexibility index (Phi) is 8.27. The molecule has 0 saturated carbocycles. The van der Waals surface area contributed by atoms with Crippen molar-refractivity contribution >= 4 is 30.2 Å². The Morgan fingerprint density at radius 3 is 0.773 bits per heavy atom. The molecule has 0 radical (unpaired) electrons. The molecule has 4 heteroatoms. The van der Waals surface area contributed by atoms with Crippen molar-refractivity contribution in [2.75, 3.05) is 12.1 Å². The largest absolute Gasteiger partial charge is 0.104 e. The highest BCUT2D eigenvalue weighted by Crippen LogP contribution is 2.60. The summed E-state index contributed by atoms with van der Waals surface area (Å²) in [5.74, 6) is 0. The Morgan fingerprint density at radius 2 is 0.636 bits per heavy atom. The summed E-state index contributed by atoms with van der Waals surface area (Å²) >= 11 is 0. The molecule has 0 spiro atoms. The van der Waals surface area contributed by atoms with Gasteiger partial charge in [0.2, 0.25) is 0 Å². The van der Waals surface area contributed by atoms with E-state index in [4.69, 9.17) is 0 Å². The normalized spacial score (nSPS) is 14.6. The van der Waals surface area contributed by atoms with Gasteiger partial charge in [-0.05, 0) is 20.6 Å². The minimum Gasteiger partial charge on any atom is -0.104 e. The molecule has 0 bridgehead atoms. The highest BCUT2D eigenvalue weighted by molar-refractivity contribution is 7.65. The Balaban J connectivity index is 4.63. The molecule has 0 amide bonds. The molecule has 0 aromatic heterocycles. The predicted octanol–water partition coefficient (Wildman–Crippen LogP) is 5.85. The fraction of sp³-hybridized carbons (Fsp3) is 1.00. The Morgan fingerprint density at radius 1 is 0.455 bits per heavy atom. The summed E-state index contributed by atoms with van der Waals surface area (Å²) in [4.78, 5) is 0. The maximum absolute atomic E-state index is 2.45. The van der Waals surface area contributed by atoms with Crippen molar-refractivity contribution in [3.63, 3.8) is 0 Å². The van der Waals surface area contributed by atoms with Crippen molar-refractivity contribution in [1.82, 2.24) is 0 Å².